The van der Waals surface area contributed by atoms with E-state index in [1.807, 2.05) is 0 Å². The van der Waals surface area contributed by atoms with Gasteiger partial charge in [-0.25, -0.2) is 0 Å². The molecule has 5 heteroatoms. The summed E-state index contributed by atoms with van der Waals surface area (Å²) in [5.41, 5.74) is 0.522. The number of ether oxygens (including phenoxy) is 3. The average molecular weight is 236 g/mol. The van der Waals surface area contributed by atoms with E-state index in [1.54, 1.807) is 18.2 Å². The van der Waals surface area contributed by atoms with Crippen molar-refractivity contribution in [2.45, 2.75) is 5.92 Å². The monoisotopic (exact) mass is 236 g/mol. The molecule has 1 heterocycles. The zero-order chi connectivity index (χ0) is 12.4. The highest BCUT2D eigenvalue weighted by Crippen LogP contribution is 2.35. The summed E-state index contributed by atoms with van der Waals surface area (Å²) in [7, 11) is 2.79. The third-order valence-corrected chi connectivity index (χ3v) is 2.66. The summed E-state index contributed by atoms with van der Waals surface area (Å²) < 4.78 is 14.9. The van der Waals surface area contributed by atoms with Crippen molar-refractivity contribution < 1.29 is 23.8 Å². The van der Waals surface area contributed by atoms with Crippen LogP contribution in [0.4, 0.5) is 0 Å². The molecule has 0 saturated carbocycles. The minimum Gasteiger partial charge on any atom is -0.497 e. The quantitative estimate of drug-likeness (QED) is 0.564. The van der Waals surface area contributed by atoms with E-state index >= 15 is 0 Å². The van der Waals surface area contributed by atoms with Crippen LogP contribution < -0.4 is 9.47 Å². The first-order chi connectivity index (χ1) is 8.17. The highest BCUT2D eigenvalue weighted by Gasteiger charge is 2.35. The number of hydrogen-bond acceptors (Lipinski definition) is 5. The van der Waals surface area contributed by atoms with Crippen LogP contribution in [0.5, 0.6) is 11.5 Å². The van der Waals surface area contributed by atoms with E-state index in [0.717, 1.165) is 0 Å². The Morgan fingerprint density at radius 3 is 2.82 bits per heavy atom. The van der Waals surface area contributed by atoms with Crippen molar-refractivity contribution >= 4 is 11.8 Å². The van der Waals surface area contributed by atoms with Crippen LogP contribution in [-0.2, 0) is 14.3 Å². The summed E-state index contributed by atoms with van der Waals surface area (Å²) >= 11 is 0. The number of hydrogen-bond donors (Lipinski definition) is 0. The van der Waals surface area contributed by atoms with E-state index in [4.69, 9.17) is 9.47 Å². The fourth-order valence-electron chi connectivity index (χ4n) is 1.79. The Kier molecular flexibility index (Phi) is 2.99. The van der Waals surface area contributed by atoms with Gasteiger partial charge >= 0.3 is 5.97 Å². The minimum atomic E-state index is -0.894. The van der Waals surface area contributed by atoms with Crippen molar-refractivity contribution in [1.82, 2.24) is 0 Å². The van der Waals surface area contributed by atoms with Crippen LogP contribution in [0.1, 0.15) is 11.5 Å². The van der Waals surface area contributed by atoms with Crippen molar-refractivity contribution in [3.63, 3.8) is 0 Å². The molecule has 0 amide bonds. The summed E-state index contributed by atoms with van der Waals surface area (Å²) in [5.74, 6) is -0.657. The maximum Gasteiger partial charge on any atom is 0.321 e. The number of rotatable bonds is 2. The predicted octanol–water partition coefficient (Wildman–Crippen LogP) is 0.913. The van der Waals surface area contributed by atoms with E-state index < -0.39 is 11.9 Å². The number of benzene rings is 1. The highest BCUT2D eigenvalue weighted by atomic mass is 16.5. The number of ketones is 1. The van der Waals surface area contributed by atoms with Gasteiger partial charge in [0, 0.05) is 11.6 Å². The lowest BCUT2D eigenvalue weighted by Crippen LogP contribution is -2.32. The second kappa shape index (κ2) is 4.45. The second-order valence-electron chi connectivity index (χ2n) is 3.61. The Morgan fingerprint density at radius 1 is 1.41 bits per heavy atom. The summed E-state index contributed by atoms with van der Waals surface area (Å²) in [5, 5.41) is 0. The molecule has 90 valence electrons. The van der Waals surface area contributed by atoms with Crippen LogP contribution in [0.15, 0.2) is 18.2 Å². The molecule has 1 aliphatic heterocycles. The van der Waals surface area contributed by atoms with Gasteiger partial charge in [-0.3, -0.25) is 9.59 Å². The lowest BCUT2D eigenvalue weighted by Gasteiger charge is -2.23. The Bertz CT molecular complexity index is 466. The van der Waals surface area contributed by atoms with Gasteiger partial charge in [0.25, 0.3) is 0 Å². The molecule has 2 rings (SSSR count). The zero-order valence-electron chi connectivity index (χ0n) is 9.56. The van der Waals surface area contributed by atoms with Crippen LogP contribution in [-0.4, -0.2) is 32.6 Å². The van der Waals surface area contributed by atoms with Crippen molar-refractivity contribution in [2.24, 2.45) is 0 Å². The average Bonchev–Trinajstić information content (AvgIpc) is 2.37. The number of esters is 1. The van der Waals surface area contributed by atoms with Crippen molar-refractivity contribution in [3.8, 4) is 11.5 Å². The number of methoxy groups -OCH3 is 2. The molecule has 5 nitrogen and oxygen atoms in total. The molecule has 0 aliphatic carbocycles. The highest BCUT2D eigenvalue weighted by molar-refractivity contribution is 6.06. The molecule has 17 heavy (non-hydrogen) atoms. The smallest absolute Gasteiger partial charge is 0.321 e. The van der Waals surface area contributed by atoms with Crippen LogP contribution in [0.25, 0.3) is 0 Å². The first-order valence-corrected chi connectivity index (χ1v) is 5.08. The van der Waals surface area contributed by atoms with Gasteiger partial charge in [0.2, 0.25) is 0 Å². The third-order valence-electron chi connectivity index (χ3n) is 2.66. The molecule has 1 aliphatic rings. The third kappa shape index (κ3) is 1.95. The molecular formula is C12H12O5. The predicted molar refractivity (Wildman–Crippen MR) is 58.3 cm³/mol. The first-order valence-electron chi connectivity index (χ1n) is 5.08. The van der Waals surface area contributed by atoms with E-state index in [-0.39, 0.29) is 12.4 Å². The van der Waals surface area contributed by atoms with Crippen LogP contribution in [0.2, 0.25) is 0 Å². The van der Waals surface area contributed by atoms with Crippen molar-refractivity contribution in [1.29, 1.82) is 0 Å². The number of carbonyl (C=O) groups is 2. The molecule has 0 spiro atoms. The zero-order valence-corrected chi connectivity index (χ0v) is 9.56. The van der Waals surface area contributed by atoms with E-state index in [1.165, 1.54) is 14.2 Å². The lowest BCUT2D eigenvalue weighted by atomic mass is 9.92. The molecular weight excluding hydrogens is 224 g/mol. The molecule has 1 aromatic rings. The Morgan fingerprint density at radius 2 is 2.18 bits per heavy atom. The van der Waals surface area contributed by atoms with Gasteiger partial charge < -0.3 is 14.2 Å². The topological polar surface area (TPSA) is 61.8 Å². The summed E-state index contributed by atoms with van der Waals surface area (Å²) in [4.78, 5) is 23.2. The van der Waals surface area contributed by atoms with Crippen molar-refractivity contribution in [2.75, 3.05) is 20.8 Å². The standard InChI is InChI=1S/C12H12O5/c1-15-7-3-4-8-10(5-7)17-6-9(13)11(8)12(14)16-2/h3-5,11H,6H2,1-2H3. The minimum absolute atomic E-state index is 0.125. The Hall–Kier alpha value is -2.04. The maximum absolute atomic E-state index is 11.7. The van der Waals surface area contributed by atoms with Crippen LogP contribution in [0.3, 0.4) is 0 Å². The van der Waals surface area contributed by atoms with Gasteiger partial charge in [-0.05, 0) is 6.07 Å². The molecule has 0 aromatic heterocycles. The fraction of sp³-hybridized carbons (Fsp3) is 0.333. The molecule has 0 radical (unpaired) electrons. The van der Waals surface area contributed by atoms with Gasteiger partial charge in [0.05, 0.1) is 14.2 Å². The Balaban J connectivity index is 2.45. The molecule has 0 fully saturated rings. The normalized spacial score (nSPS) is 18.0. The number of fused-ring (bicyclic) bond motifs is 1. The molecule has 0 saturated heterocycles. The van der Waals surface area contributed by atoms with E-state index in [2.05, 4.69) is 4.74 Å². The summed E-state index contributed by atoms with van der Waals surface area (Å²) in [6.07, 6.45) is 0. The Labute approximate surface area is 98.3 Å². The molecule has 0 N–H and O–H groups in total. The second-order valence-corrected chi connectivity index (χ2v) is 3.61. The van der Waals surface area contributed by atoms with Gasteiger partial charge in [-0.15, -0.1) is 0 Å². The molecule has 0 bridgehead atoms. The maximum atomic E-state index is 11.7. The van der Waals surface area contributed by atoms with E-state index in [0.29, 0.717) is 17.1 Å². The summed E-state index contributed by atoms with van der Waals surface area (Å²) in [6.45, 7) is -0.125. The van der Waals surface area contributed by atoms with E-state index in [9.17, 15) is 9.59 Å². The molecule has 1 atom stereocenters. The molecule has 1 aromatic carbocycles. The van der Waals surface area contributed by atoms with Gasteiger partial charge in [-0.2, -0.15) is 0 Å². The van der Waals surface area contributed by atoms with Crippen LogP contribution >= 0.6 is 0 Å². The largest absolute Gasteiger partial charge is 0.497 e. The first kappa shape index (κ1) is 11.4. The van der Waals surface area contributed by atoms with Gasteiger partial charge in [-0.1, -0.05) is 6.07 Å². The lowest BCUT2D eigenvalue weighted by molar-refractivity contribution is -0.146. The summed E-state index contributed by atoms with van der Waals surface area (Å²) in [6, 6.07) is 4.97. The van der Waals surface area contributed by atoms with Crippen LogP contribution in [0, 0.1) is 0 Å². The SMILES string of the molecule is COC(=O)C1C(=O)COc2cc(OC)ccc21. The number of Topliss-reactive ketones (excluding diaryl/α,β-unsaturated/α-hetero) is 1. The molecule has 1 unspecified atom stereocenters. The van der Waals surface area contributed by atoms with Gasteiger partial charge in [0.15, 0.2) is 5.78 Å². The van der Waals surface area contributed by atoms with Crippen molar-refractivity contribution in [3.05, 3.63) is 23.8 Å². The number of carbonyl (C=O) groups excluding carboxylic acids is 2. The van der Waals surface area contributed by atoms with Gasteiger partial charge in [0.1, 0.15) is 24.0 Å². The fourth-order valence-corrected chi connectivity index (χ4v) is 1.79.